The lowest BCUT2D eigenvalue weighted by Crippen LogP contribution is -2.78. The number of nitriles is 1. The highest BCUT2D eigenvalue weighted by Crippen LogP contribution is 2.58. The number of hydrogen-bond acceptors (Lipinski definition) is 11. The average Bonchev–Trinajstić information content (AvgIpc) is 3.35. The van der Waals surface area contributed by atoms with Crippen molar-refractivity contribution in [3.63, 3.8) is 0 Å². The van der Waals surface area contributed by atoms with Crippen LogP contribution >= 0.6 is 0 Å². The molecule has 1 N–H and O–H groups in total. The van der Waals surface area contributed by atoms with Gasteiger partial charge in [0.05, 0.1) is 40.0 Å². The predicted octanol–water partition coefficient (Wildman–Crippen LogP) is 3.30. The first-order valence-electron chi connectivity index (χ1n) is 17.2. The van der Waals surface area contributed by atoms with Gasteiger partial charge in [-0.3, -0.25) is 14.6 Å². The predicted molar refractivity (Wildman–Crippen MR) is 186 cm³/mol. The summed E-state index contributed by atoms with van der Waals surface area (Å²) in [7, 11) is -0.0930. The van der Waals surface area contributed by atoms with Gasteiger partial charge in [-0.25, -0.2) is 12.7 Å². The first kappa shape index (κ1) is 34.4. The smallest absolute Gasteiger partial charge is 0.270 e. The van der Waals surface area contributed by atoms with Gasteiger partial charge in [0.15, 0.2) is 0 Å². The van der Waals surface area contributed by atoms with E-state index in [1.807, 2.05) is 6.92 Å². The second-order valence-corrected chi connectivity index (χ2v) is 15.9. The molecule has 1 amide bonds. The molecule has 5 unspecified atom stereocenters. The summed E-state index contributed by atoms with van der Waals surface area (Å²) >= 11 is 0. The van der Waals surface area contributed by atoms with Crippen molar-refractivity contribution < 1.29 is 32.2 Å². The summed E-state index contributed by atoms with van der Waals surface area (Å²) in [5.74, 6) is 0.0725. The normalized spacial score (nSPS) is 29.0. The van der Waals surface area contributed by atoms with Crippen LogP contribution in [0.5, 0.6) is 23.0 Å². The van der Waals surface area contributed by atoms with Crippen LogP contribution in [-0.4, -0.2) is 107 Å². The highest BCUT2D eigenvalue weighted by molar-refractivity contribution is 7.89. The van der Waals surface area contributed by atoms with Crippen molar-refractivity contribution in [2.75, 3.05) is 60.7 Å². The Bertz CT molecular complexity index is 1880. The van der Waals surface area contributed by atoms with Crippen LogP contribution in [-0.2, 0) is 20.4 Å². The highest BCUT2D eigenvalue weighted by Gasteiger charge is 2.70. The molecule has 5 aliphatic rings. The Morgan fingerprint density at radius 1 is 1.00 bits per heavy atom. The van der Waals surface area contributed by atoms with Crippen molar-refractivity contribution in [3.8, 4) is 29.1 Å². The van der Waals surface area contributed by atoms with Crippen LogP contribution in [0.25, 0.3) is 0 Å². The molecule has 50 heavy (non-hydrogen) atoms. The molecule has 13 heteroatoms. The lowest BCUT2D eigenvalue weighted by molar-refractivity contribution is -0.181. The van der Waals surface area contributed by atoms with E-state index in [9.17, 15) is 13.7 Å². The van der Waals surface area contributed by atoms with Crippen molar-refractivity contribution in [2.45, 2.75) is 55.2 Å². The Balaban J connectivity index is 1.36. The van der Waals surface area contributed by atoms with Gasteiger partial charge >= 0.3 is 0 Å². The molecule has 4 heterocycles. The van der Waals surface area contributed by atoms with Crippen molar-refractivity contribution in [1.29, 1.82) is 5.26 Å². The molecule has 0 radical (unpaired) electrons. The SMILES string of the molecule is CCOc1ccc(OC)cc1C1(N2CC3(CN(C4CCNC(C)C4)C3)C2)C(=O)N(S(=O)(=O)c2ccc(OC)cc2OC)C2C=CC(C#N)=CC21. The van der Waals surface area contributed by atoms with E-state index in [4.69, 9.17) is 18.9 Å². The first-order chi connectivity index (χ1) is 24.0. The topological polar surface area (TPSA) is 134 Å². The van der Waals surface area contributed by atoms with E-state index in [1.165, 1.54) is 32.4 Å². The quantitative estimate of drug-likeness (QED) is 0.391. The summed E-state index contributed by atoms with van der Waals surface area (Å²) in [6, 6.07) is 12.1. The van der Waals surface area contributed by atoms with Gasteiger partial charge in [0.25, 0.3) is 15.9 Å². The number of nitrogens with one attached hydrogen (secondary N) is 1. The van der Waals surface area contributed by atoms with Crippen molar-refractivity contribution in [2.24, 2.45) is 11.3 Å². The molecule has 0 saturated carbocycles. The van der Waals surface area contributed by atoms with Crippen molar-refractivity contribution in [3.05, 3.63) is 65.8 Å². The van der Waals surface area contributed by atoms with Gasteiger partial charge in [-0.15, -0.1) is 0 Å². The lowest BCUT2D eigenvalue weighted by Gasteiger charge is -2.66. The van der Waals surface area contributed by atoms with Crippen LogP contribution in [0.2, 0.25) is 0 Å². The minimum absolute atomic E-state index is 0.0285. The number of allylic oxidation sites excluding steroid dienone is 2. The molecule has 0 aromatic heterocycles. The summed E-state index contributed by atoms with van der Waals surface area (Å²) in [5, 5.41) is 13.6. The van der Waals surface area contributed by atoms with E-state index < -0.39 is 33.4 Å². The molecule has 4 aliphatic heterocycles. The zero-order chi connectivity index (χ0) is 35.4. The van der Waals surface area contributed by atoms with E-state index >= 15 is 4.79 Å². The van der Waals surface area contributed by atoms with E-state index in [-0.39, 0.29) is 16.1 Å². The fraction of sp³-hybridized carbons (Fsp3) is 0.514. The number of carbonyl (C=O) groups is 1. The number of nitrogens with zero attached hydrogens (tertiary/aromatic N) is 4. The molecule has 0 bridgehead atoms. The number of rotatable bonds is 10. The fourth-order valence-electron chi connectivity index (χ4n) is 8.90. The molecular formula is C37H45N5O7S. The Morgan fingerprint density at radius 3 is 2.38 bits per heavy atom. The summed E-state index contributed by atoms with van der Waals surface area (Å²) < 4.78 is 53.4. The third kappa shape index (κ3) is 5.27. The average molecular weight is 704 g/mol. The molecular weight excluding hydrogens is 659 g/mol. The Hall–Kier alpha value is -4.09. The van der Waals surface area contributed by atoms with Crippen molar-refractivity contribution >= 4 is 15.9 Å². The Labute approximate surface area is 294 Å². The van der Waals surface area contributed by atoms with Gasteiger partial charge < -0.3 is 24.3 Å². The summed E-state index contributed by atoms with van der Waals surface area (Å²) in [5.41, 5.74) is -0.687. The van der Waals surface area contributed by atoms with Gasteiger partial charge in [-0.1, -0.05) is 12.2 Å². The molecule has 266 valence electrons. The number of piperidine rings is 1. The summed E-state index contributed by atoms with van der Waals surface area (Å²) in [6.07, 6.45) is 7.22. The number of fused-ring (bicyclic) bond motifs is 1. The maximum Gasteiger partial charge on any atom is 0.270 e. The number of hydrogen-bond donors (Lipinski definition) is 1. The molecule has 12 nitrogen and oxygen atoms in total. The number of amides is 1. The summed E-state index contributed by atoms with van der Waals surface area (Å²) in [4.78, 5) is 20.1. The Morgan fingerprint density at radius 2 is 1.72 bits per heavy atom. The summed E-state index contributed by atoms with van der Waals surface area (Å²) in [6.45, 7) is 8.43. The zero-order valence-electron chi connectivity index (χ0n) is 29.2. The monoisotopic (exact) mass is 703 g/mol. The fourth-order valence-corrected chi connectivity index (χ4v) is 10.6. The van der Waals surface area contributed by atoms with Gasteiger partial charge in [0.2, 0.25) is 0 Å². The molecule has 4 saturated heterocycles. The lowest BCUT2D eigenvalue weighted by atomic mass is 9.65. The maximum absolute atomic E-state index is 15.6. The highest BCUT2D eigenvalue weighted by atomic mass is 32.2. The third-order valence-electron chi connectivity index (χ3n) is 11.2. The number of ether oxygens (including phenoxy) is 4. The number of benzene rings is 2. The standard InChI is InChI=1S/C37H45N5O7S/c1-6-49-32-11-8-27(46-3)17-30(32)37(41-22-36(23-41)20-40(21-36)26-13-14-39-24(2)15-26)29-16-25(19-38)7-10-31(29)42(35(37)43)50(44,45)34-12-9-28(47-4)18-33(34)48-5/h7-12,16-18,24,26,29,31,39H,6,13-15,20-23H2,1-5H3. The molecule has 4 fully saturated rings. The molecule has 5 atom stereocenters. The third-order valence-corrected chi connectivity index (χ3v) is 13.0. The van der Waals surface area contributed by atoms with E-state index in [0.717, 1.165) is 36.8 Å². The van der Waals surface area contributed by atoms with Crippen LogP contribution in [0, 0.1) is 22.7 Å². The second-order valence-electron chi connectivity index (χ2n) is 14.1. The number of sulfonamides is 1. The number of methoxy groups -OCH3 is 3. The van der Waals surface area contributed by atoms with Gasteiger partial charge in [0, 0.05) is 66.8 Å². The van der Waals surface area contributed by atoms with Crippen LogP contribution < -0.4 is 24.3 Å². The molecule has 2 aromatic rings. The van der Waals surface area contributed by atoms with E-state index in [2.05, 4.69) is 28.1 Å². The van der Waals surface area contributed by atoms with Crippen LogP contribution in [0.3, 0.4) is 0 Å². The largest absolute Gasteiger partial charge is 0.497 e. The minimum Gasteiger partial charge on any atom is -0.497 e. The maximum atomic E-state index is 15.6. The van der Waals surface area contributed by atoms with Gasteiger partial charge in [0.1, 0.15) is 33.4 Å². The minimum atomic E-state index is -4.51. The first-order valence-corrected chi connectivity index (χ1v) is 18.6. The molecule has 1 spiro atoms. The van der Waals surface area contributed by atoms with E-state index in [0.29, 0.717) is 60.2 Å². The van der Waals surface area contributed by atoms with Gasteiger partial charge in [-0.05, 0) is 69.6 Å². The second kappa shape index (κ2) is 12.9. The van der Waals surface area contributed by atoms with E-state index in [1.54, 1.807) is 43.5 Å². The van der Waals surface area contributed by atoms with Gasteiger partial charge in [-0.2, -0.15) is 5.26 Å². The van der Waals surface area contributed by atoms with Crippen LogP contribution in [0.15, 0.2) is 65.1 Å². The molecule has 1 aliphatic carbocycles. The number of carbonyl (C=O) groups excluding carboxylic acids is 1. The number of likely N-dealkylation sites (tertiary alicyclic amines) is 2. The molecule has 7 rings (SSSR count). The van der Waals surface area contributed by atoms with Crippen molar-refractivity contribution in [1.82, 2.24) is 19.4 Å². The molecule has 2 aromatic carbocycles. The van der Waals surface area contributed by atoms with Crippen LogP contribution in [0.1, 0.15) is 32.3 Å². The van der Waals surface area contributed by atoms with Crippen LogP contribution in [0.4, 0.5) is 0 Å². The zero-order valence-corrected chi connectivity index (χ0v) is 30.0. The Kier molecular flexibility index (Phi) is 8.87.